The molecule has 2 aromatic carbocycles. The van der Waals surface area contributed by atoms with E-state index in [9.17, 15) is 5.11 Å². The van der Waals surface area contributed by atoms with Crippen LogP contribution in [0.4, 0.5) is 5.82 Å². The van der Waals surface area contributed by atoms with E-state index in [4.69, 9.17) is 27.4 Å². The molecule has 1 aromatic heterocycles. The van der Waals surface area contributed by atoms with E-state index in [-0.39, 0.29) is 5.75 Å². The average molecular weight is 357 g/mol. The SMILES string of the molecule is COc1cc2nc(=S)n(CCc3ccc(O)cc3)c(N)c2cc1OC. The molecule has 130 valence electrons. The second-order valence-electron chi connectivity index (χ2n) is 5.57. The Morgan fingerprint density at radius 3 is 2.40 bits per heavy atom. The molecule has 0 atom stereocenters. The molecule has 3 aromatic rings. The van der Waals surface area contributed by atoms with Crippen molar-refractivity contribution in [2.45, 2.75) is 13.0 Å². The van der Waals surface area contributed by atoms with Gasteiger partial charge >= 0.3 is 0 Å². The van der Waals surface area contributed by atoms with Crippen molar-refractivity contribution in [3.05, 3.63) is 46.7 Å². The van der Waals surface area contributed by atoms with Crippen molar-refractivity contribution in [1.29, 1.82) is 0 Å². The van der Waals surface area contributed by atoms with E-state index in [0.29, 0.717) is 34.1 Å². The van der Waals surface area contributed by atoms with Crippen molar-refractivity contribution in [3.63, 3.8) is 0 Å². The first-order valence-corrected chi connectivity index (χ1v) is 8.14. The van der Waals surface area contributed by atoms with Gasteiger partial charge in [0.25, 0.3) is 0 Å². The number of fused-ring (bicyclic) bond motifs is 1. The highest BCUT2D eigenvalue weighted by Crippen LogP contribution is 2.33. The highest BCUT2D eigenvalue weighted by molar-refractivity contribution is 7.71. The molecule has 3 rings (SSSR count). The molecule has 0 fully saturated rings. The molecule has 3 N–H and O–H groups in total. The van der Waals surface area contributed by atoms with E-state index in [2.05, 4.69) is 4.98 Å². The molecular weight excluding hydrogens is 338 g/mol. The van der Waals surface area contributed by atoms with Gasteiger partial charge in [-0.25, -0.2) is 4.98 Å². The standard InChI is InChI=1S/C18H19N3O3S/c1-23-15-9-13-14(10-16(15)24-2)20-18(25)21(17(13)19)8-7-11-3-5-12(22)6-4-11/h3-6,9-10,22H,7-8,19H2,1-2H3. The molecule has 0 aliphatic rings. The van der Waals surface area contributed by atoms with Gasteiger partial charge < -0.3 is 24.9 Å². The first-order chi connectivity index (χ1) is 12.0. The Morgan fingerprint density at radius 2 is 1.76 bits per heavy atom. The quantitative estimate of drug-likeness (QED) is 0.682. The zero-order valence-electron chi connectivity index (χ0n) is 14.0. The number of nitrogen functional groups attached to an aromatic ring is 1. The van der Waals surface area contributed by atoms with Crippen molar-refractivity contribution in [3.8, 4) is 17.2 Å². The van der Waals surface area contributed by atoms with Crippen molar-refractivity contribution < 1.29 is 14.6 Å². The van der Waals surface area contributed by atoms with Gasteiger partial charge in [-0.1, -0.05) is 12.1 Å². The lowest BCUT2D eigenvalue weighted by molar-refractivity contribution is 0.355. The Bertz CT molecular complexity index is 968. The van der Waals surface area contributed by atoms with E-state index >= 15 is 0 Å². The normalized spacial score (nSPS) is 10.8. The van der Waals surface area contributed by atoms with Gasteiger partial charge in [-0.3, -0.25) is 0 Å². The summed E-state index contributed by atoms with van der Waals surface area (Å²) in [6.45, 7) is 0.590. The highest BCUT2D eigenvalue weighted by atomic mass is 32.1. The Hall–Kier alpha value is -2.80. The van der Waals surface area contributed by atoms with Gasteiger partial charge in [0, 0.05) is 18.0 Å². The molecule has 0 unspecified atom stereocenters. The number of benzene rings is 2. The predicted molar refractivity (Wildman–Crippen MR) is 99.9 cm³/mol. The van der Waals surface area contributed by atoms with Crippen LogP contribution < -0.4 is 15.2 Å². The lowest BCUT2D eigenvalue weighted by Gasteiger charge is -2.15. The number of anilines is 1. The van der Waals surface area contributed by atoms with Crippen molar-refractivity contribution in [2.24, 2.45) is 0 Å². The van der Waals surface area contributed by atoms with E-state index < -0.39 is 0 Å². The zero-order valence-corrected chi connectivity index (χ0v) is 14.8. The number of hydrogen-bond acceptors (Lipinski definition) is 6. The van der Waals surface area contributed by atoms with Crippen LogP contribution in [-0.2, 0) is 13.0 Å². The van der Waals surface area contributed by atoms with Crippen LogP contribution in [0.15, 0.2) is 36.4 Å². The summed E-state index contributed by atoms with van der Waals surface area (Å²) in [5.41, 5.74) is 8.09. The van der Waals surface area contributed by atoms with E-state index in [1.807, 2.05) is 18.2 Å². The third kappa shape index (κ3) is 3.36. The van der Waals surface area contributed by atoms with E-state index in [0.717, 1.165) is 17.4 Å². The largest absolute Gasteiger partial charge is 0.508 e. The van der Waals surface area contributed by atoms with E-state index in [1.54, 1.807) is 37.0 Å². The highest BCUT2D eigenvalue weighted by Gasteiger charge is 2.12. The Morgan fingerprint density at radius 1 is 1.12 bits per heavy atom. The maximum absolute atomic E-state index is 9.37. The summed E-state index contributed by atoms with van der Waals surface area (Å²) in [5.74, 6) is 1.95. The van der Waals surface area contributed by atoms with Crippen LogP contribution in [-0.4, -0.2) is 28.9 Å². The number of nitrogens with zero attached hydrogens (tertiary/aromatic N) is 2. The fourth-order valence-corrected chi connectivity index (χ4v) is 2.99. The Balaban J connectivity index is 2.00. The molecular formula is C18H19N3O3S. The third-order valence-corrected chi connectivity index (χ3v) is 4.39. The van der Waals surface area contributed by atoms with Crippen molar-refractivity contribution in [2.75, 3.05) is 20.0 Å². The maximum Gasteiger partial charge on any atom is 0.201 e. The van der Waals surface area contributed by atoms with E-state index in [1.165, 1.54) is 0 Å². The summed E-state index contributed by atoms with van der Waals surface area (Å²) in [6, 6.07) is 10.6. The van der Waals surface area contributed by atoms with Crippen molar-refractivity contribution >= 4 is 28.9 Å². The van der Waals surface area contributed by atoms with Gasteiger partial charge in [-0.05, 0) is 42.4 Å². The minimum atomic E-state index is 0.244. The number of ether oxygens (including phenoxy) is 2. The monoisotopic (exact) mass is 357 g/mol. The predicted octanol–water partition coefficient (Wildman–Crippen LogP) is 3.31. The Kier molecular flexibility index (Phi) is 4.76. The number of nitrogens with two attached hydrogens (primary N) is 1. The summed E-state index contributed by atoms with van der Waals surface area (Å²) in [5, 5.41) is 10.1. The lowest BCUT2D eigenvalue weighted by atomic mass is 10.1. The smallest absolute Gasteiger partial charge is 0.201 e. The molecule has 0 radical (unpaired) electrons. The third-order valence-electron chi connectivity index (χ3n) is 4.08. The van der Waals surface area contributed by atoms with Gasteiger partial charge in [0.05, 0.1) is 19.7 Å². The molecule has 0 spiro atoms. The van der Waals surface area contributed by atoms with Gasteiger partial charge in [0.2, 0.25) is 4.77 Å². The molecule has 7 heteroatoms. The maximum atomic E-state index is 9.37. The van der Waals surface area contributed by atoms with Crippen LogP contribution in [0.25, 0.3) is 10.9 Å². The zero-order chi connectivity index (χ0) is 18.0. The second kappa shape index (κ2) is 6.98. The molecule has 1 heterocycles. The lowest BCUT2D eigenvalue weighted by Crippen LogP contribution is -2.11. The summed E-state index contributed by atoms with van der Waals surface area (Å²) in [4.78, 5) is 4.47. The molecule has 25 heavy (non-hydrogen) atoms. The molecule has 0 aliphatic carbocycles. The summed E-state index contributed by atoms with van der Waals surface area (Å²) in [6.07, 6.45) is 0.721. The van der Waals surface area contributed by atoms with Gasteiger partial charge in [0.1, 0.15) is 11.6 Å². The number of hydrogen-bond donors (Lipinski definition) is 2. The van der Waals surface area contributed by atoms with Gasteiger partial charge in [0.15, 0.2) is 11.5 Å². The number of aryl methyl sites for hydroxylation is 1. The van der Waals surface area contributed by atoms with Crippen LogP contribution in [0, 0.1) is 4.77 Å². The number of aromatic nitrogens is 2. The minimum absolute atomic E-state index is 0.244. The number of aromatic hydroxyl groups is 1. The van der Waals surface area contributed by atoms with Gasteiger partial charge in [-0.2, -0.15) is 0 Å². The number of methoxy groups -OCH3 is 2. The van der Waals surface area contributed by atoms with Gasteiger partial charge in [-0.15, -0.1) is 0 Å². The number of phenolic OH excluding ortho intramolecular Hbond substituents is 1. The minimum Gasteiger partial charge on any atom is -0.508 e. The fraction of sp³-hybridized carbons (Fsp3) is 0.222. The fourth-order valence-electron chi connectivity index (χ4n) is 2.70. The summed E-state index contributed by atoms with van der Waals surface area (Å²) >= 11 is 5.40. The van der Waals surface area contributed by atoms with Crippen LogP contribution in [0.1, 0.15) is 5.56 Å². The average Bonchev–Trinajstić information content (AvgIpc) is 2.62. The van der Waals surface area contributed by atoms with Crippen LogP contribution in [0.5, 0.6) is 17.2 Å². The molecule has 0 saturated heterocycles. The topological polar surface area (TPSA) is 82.5 Å². The van der Waals surface area contributed by atoms with Crippen LogP contribution >= 0.6 is 12.2 Å². The molecule has 6 nitrogen and oxygen atoms in total. The summed E-state index contributed by atoms with van der Waals surface area (Å²) in [7, 11) is 3.15. The molecule has 0 saturated carbocycles. The number of rotatable bonds is 5. The Labute approximate surface area is 150 Å². The first kappa shape index (κ1) is 17.0. The molecule has 0 amide bonds. The van der Waals surface area contributed by atoms with Crippen LogP contribution in [0.3, 0.4) is 0 Å². The summed E-state index contributed by atoms with van der Waals surface area (Å²) < 4.78 is 12.9. The van der Waals surface area contributed by atoms with Crippen LogP contribution in [0.2, 0.25) is 0 Å². The molecule has 0 bridgehead atoms. The number of phenols is 1. The molecule has 0 aliphatic heterocycles. The second-order valence-corrected chi connectivity index (χ2v) is 5.94. The van der Waals surface area contributed by atoms with Crippen molar-refractivity contribution in [1.82, 2.24) is 9.55 Å². The first-order valence-electron chi connectivity index (χ1n) is 7.73.